The van der Waals surface area contributed by atoms with Gasteiger partial charge < -0.3 is 24.5 Å². The van der Waals surface area contributed by atoms with Crippen LogP contribution in [0.15, 0.2) is 60.7 Å². The Balaban J connectivity index is 0.00000342. The number of ether oxygens (including phenoxy) is 2. The largest absolute Gasteiger partial charge is 1.00 e. The summed E-state index contributed by atoms with van der Waals surface area (Å²) in [5, 5.41) is 22.3. The van der Waals surface area contributed by atoms with Gasteiger partial charge in [0.25, 0.3) is 5.91 Å². The Kier molecular flexibility index (Phi) is 9.10. The minimum absolute atomic E-state index is 0. The number of rotatable bonds is 6. The molecule has 4 rings (SSSR count). The van der Waals surface area contributed by atoms with Gasteiger partial charge in [-0.15, -0.1) is 0 Å². The van der Waals surface area contributed by atoms with Crippen molar-refractivity contribution in [2.24, 2.45) is 0 Å². The molecule has 2 unspecified atom stereocenters. The Bertz CT molecular complexity index is 1220. The Morgan fingerprint density at radius 2 is 1.77 bits per heavy atom. The molecule has 35 heavy (non-hydrogen) atoms. The van der Waals surface area contributed by atoms with E-state index in [9.17, 15) is 19.8 Å². The van der Waals surface area contributed by atoms with Crippen molar-refractivity contribution in [3.63, 3.8) is 0 Å². The van der Waals surface area contributed by atoms with E-state index in [-0.39, 0.29) is 46.9 Å². The number of aliphatic carboxylic acids is 1. The number of carbonyl (C=O) groups is 2. The van der Waals surface area contributed by atoms with E-state index < -0.39 is 24.0 Å². The predicted molar refractivity (Wildman–Crippen MR) is 126 cm³/mol. The van der Waals surface area contributed by atoms with Crippen molar-refractivity contribution < 1.29 is 58.8 Å². The molecular weight excluding hydrogens is 504 g/mol. The number of aliphatic hydroxyl groups is 1. The average Bonchev–Trinajstić information content (AvgIpc) is 2.80. The summed E-state index contributed by atoms with van der Waals surface area (Å²) in [7, 11) is 0. The van der Waals surface area contributed by atoms with E-state index >= 15 is 0 Å². The molecule has 0 radical (unpaired) electrons. The van der Waals surface area contributed by atoms with Crippen LogP contribution in [0.25, 0.3) is 0 Å². The van der Waals surface area contributed by atoms with E-state index in [0.717, 1.165) is 0 Å². The second kappa shape index (κ2) is 11.6. The Morgan fingerprint density at radius 3 is 2.37 bits per heavy atom. The molecule has 3 aromatic rings. The topological polar surface area (TPSA) is 99.1 Å². The van der Waals surface area contributed by atoms with Gasteiger partial charge >= 0.3 is 29.6 Å². The number of carbonyl (C=O) groups excluding carboxylic acids is 2. The summed E-state index contributed by atoms with van der Waals surface area (Å²) in [5.41, 5.74) is 1.28. The first kappa shape index (κ1) is 27.3. The molecular formula is C25H20Cl2NNaO6. The Hall–Kier alpha value is -2.26. The molecule has 2 atom stereocenters. The molecule has 7 nitrogen and oxygen atoms in total. The van der Waals surface area contributed by atoms with Gasteiger partial charge in [0.1, 0.15) is 23.5 Å². The van der Waals surface area contributed by atoms with Gasteiger partial charge in [0.05, 0.1) is 11.6 Å². The summed E-state index contributed by atoms with van der Waals surface area (Å²) in [6.45, 7) is 1.74. The van der Waals surface area contributed by atoms with Crippen molar-refractivity contribution in [3.05, 3.63) is 81.8 Å². The van der Waals surface area contributed by atoms with Crippen molar-refractivity contribution in [1.82, 2.24) is 0 Å². The average molecular weight is 524 g/mol. The summed E-state index contributed by atoms with van der Waals surface area (Å²) >= 11 is 12.2. The van der Waals surface area contributed by atoms with Crippen LogP contribution >= 0.6 is 23.2 Å². The van der Waals surface area contributed by atoms with Crippen LogP contribution in [0, 0.1) is 0 Å². The summed E-state index contributed by atoms with van der Waals surface area (Å²) in [4.78, 5) is 25.7. The third-order valence-corrected chi connectivity index (χ3v) is 5.96. The fourth-order valence-electron chi connectivity index (χ4n) is 3.75. The van der Waals surface area contributed by atoms with Crippen LogP contribution in [0.3, 0.4) is 0 Å². The van der Waals surface area contributed by atoms with Crippen LogP contribution in [0.5, 0.6) is 17.2 Å². The smallest absolute Gasteiger partial charge is 0.549 e. The first-order valence-electron chi connectivity index (χ1n) is 10.5. The number of hydrogen-bond acceptors (Lipinski definition) is 6. The number of amides is 1. The molecule has 0 aromatic heterocycles. The molecule has 0 bridgehead atoms. The van der Waals surface area contributed by atoms with Gasteiger partial charge in [0, 0.05) is 39.8 Å². The third-order valence-electron chi connectivity index (χ3n) is 5.41. The zero-order chi connectivity index (χ0) is 24.4. The van der Waals surface area contributed by atoms with Crippen molar-refractivity contribution >= 4 is 40.8 Å². The Morgan fingerprint density at radius 1 is 1.11 bits per heavy atom. The normalized spacial score (nSPS) is 15.1. The van der Waals surface area contributed by atoms with E-state index in [2.05, 4.69) is 0 Å². The molecule has 1 heterocycles. The third kappa shape index (κ3) is 6.12. The minimum Gasteiger partial charge on any atom is -0.549 e. The van der Waals surface area contributed by atoms with Crippen LogP contribution in [0.1, 0.15) is 35.2 Å². The fraction of sp³-hybridized carbons (Fsp3) is 0.200. The maximum Gasteiger partial charge on any atom is 1.00 e. The van der Waals surface area contributed by atoms with Crippen LogP contribution < -0.4 is 49.0 Å². The van der Waals surface area contributed by atoms with E-state index in [1.54, 1.807) is 54.6 Å². The number of halogens is 2. The maximum absolute atomic E-state index is 13.0. The molecule has 0 saturated heterocycles. The van der Waals surface area contributed by atoms with Gasteiger partial charge in [-0.05, 0) is 67.9 Å². The molecule has 1 aliphatic heterocycles. The molecule has 0 aliphatic carbocycles. The molecule has 1 N–H and O–H groups in total. The van der Waals surface area contributed by atoms with Crippen LogP contribution in [0.2, 0.25) is 10.0 Å². The van der Waals surface area contributed by atoms with Crippen LogP contribution in [-0.4, -0.2) is 29.8 Å². The predicted octanol–water partition coefficient (Wildman–Crippen LogP) is 1.39. The number of nitrogens with zero attached hydrogens (tertiary/aromatic N) is 1. The quantitative estimate of drug-likeness (QED) is 0.387. The number of aliphatic hydroxyl groups excluding tert-OH is 1. The monoisotopic (exact) mass is 523 g/mol. The van der Waals surface area contributed by atoms with Gasteiger partial charge in [0.2, 0.25) is 0 Å². The Labute approximate surface area is 234 Å². The number of anilines is 1. The number of carboxylic acid groups (broad SMARTS) is 1. The standard InChI is InChI=1S/C25H21Cl2NO6.Na/c1-14(29)28(17-6-4-16(26)5-7-17)24(30)15-2-8-18(9-3-15)34-23-13-22-20(12-21(23)27)19(25(31)32)10-11-33-22;/h2-9,12-14,19,29H,10-11H2,1H3,(H,31,32);/q;+1/p-1. The molecule has 176 valence electrons. The van der Waals surface area contributed by atoms with Crippen LogP contribution in [-0.2, 0) is 4.79 Å². The summed E-state index contributed by atoms with van der Waals surface area (Å²) in [5.74, 6) is -1.32. The SMILES string of the molecule is CC(O)N(C(=O)c1ccc(Oc2cc3c(cc2Cl)C(C(=O)[O-])CCO3)cc1)c1ccc(Cl)cc1.[Na+]. The first-order valence-corrected chi connectivity index (χ1v) is 11.2. The van der Waals surface area contributed by atoms with E-state index in [1.807, 2.05) is 0 Å². The number of benzene rings is 3. The summed E-state index contributed by atoms with van der Waals surface area (Å²) < 4.78 is 11.4. The van der Waals surface area contributed by atoms with Crippen molar-refractivity contribution in [1.29, 1.82) is 0 Å². The minimum atomic E-state index is -1.18. The zero-order valence-corrected chi connectivity index (χ0v) is 22.5. The molecule has 10 heteroatoms. The van der Waals surface area contributed by atoms with Crippen LogP contribution in [0.4, 0.5) is 5.69 Å². The second-order valence-electron chi connectivity index (χ2n) is 7.74. The number of fused-ring (bicyclic) bond motifs is 1. The van der Waals surface area contributed by atoms with E-state index in [1.165, 1.54) is 17.9 Å². The van der Waals surface area contributed by atoms with E-state index in [4.69, 9.17) is 32.7 Å². The van der Waals surface area contributed by atoms with Gasteiger partial charge in [-0.25, -0.2) is 0 Å². The summed E-state index contributed by atoms with van der Waals surface area (Å²) in [6, 6.07) is 15.9. The van der Waals surface area contributed by atoms with Crippen molar-refractivity contribution in [3.8, 4) is 17.2 Å². The molecule has 1 amide bonds. The summed E-state index contributed by atoms with van der Waals surface area (Å²) in [6.07, 6.45) is -0.760. The zero-order valence-electron chi connectivity index (χ0n) is 19.0. The maximum atomic E-state index is 13.0. The second-order valence-corrected chi connectivity index (χ2v) is 8.58. The fourth-order valence-corrected chi connectivity index (χ4v) is 4.09. The molecule has 3 aromatic carbocycles. The van der Waals surface area contributed by atoms with Gasteiger partial charge in [-0.1, -0.05) is 23.2 Å². The van der Waals surface area contributed by atoms with Gasteiger partial charge in [-0.3, -0.25) is 9.69 Å². The molecule has 0 saturated carbocycles. The van der Waals surface area contributed by atoms with E-state index in [0.29, 0.717) is 39.8 Å². The molecule has 1 aliphatic rings. The van der Waals surface area contributed by atoms with Crippen molar-refractivity contribution in [2.45, 2.75) is 25.5 Å². The molecule has 0 spiro atoms. The van der Waals surface area contributed by atoms with Crippen molar-refractivity contribution in [2.75, 3.05) is 11.5 Å². The first-order chi connectivity index (χ1) is 16.2. The van der Waals surface area contributed by atoms with Gasteiger partial charge in [0.15, 0.2) is 0 Å². The number of hydrogen-bond donors (Lipinski definition) is 1. The number of carboxylic acids is 1. The molecule has 0 fully saturated rings. The van der Waals surface area contributed by atoms with Gasteiger partial charge in [-0.2, -0.15) is 0 Å².